The molecule has 0 rings (SSSR count). The van der Waals surface area contributed by atoms with Gasteiger partial charge in [-0.2, -0.15) is 0 Å². The maximum absolute atomic E-state index is 10.7. The molecular formula is C11H17NO. The zero-order chi connectivity index (χ0) is 10.3. The minimum absolute atomic E-state index is 0.0288. The van der Waals surface area contributed by atoms with Gasteiger partial charge in [0, 0.05) is 13.5 Å². The molecule has 0 unspecified atom stereocenters. The second kappa shape index (κ2) is 6.23. The monoisotopic (exact) mass is 179 g/mol. The Labute approximate surface area is 80.0 Å². The van der Waals surface area contributed by atoms with Crippen molar-refractivity contribution < 1.29 is 4.79 Å². The van der Waals surface area contributed by atoms with Gasteiger partial charge in [-0.3, -0.25) is 4.79 Å². The quantitative estimate of drug-likeness (QED) is 0.644. The predicted molar refractivity (Wildman–Crippen MR) is 56.4 cm³/mol. The van der Waals surface area contributed by atoms with Crippen LogP contribution in [0.1, 0.15) is 20.3 Å². The second-order valence-corrected chi connectivity index (χ2v) is 2.72. The molecule has 0 spiro atoms. The Morgan fingerprint density at radius 1 is 1.31 bits per heavy atom. The van der Waals surface area contributed by atoms with Crippen molar-refractivity contribution >= 4 is 5.91 Å². The van der Waals surface area contributed by atoms with Crippen molar-refractivity contribution in [2.45, 2.75) is 20.3 Å². The van der Waals surface area contributed by atoms with Crippen molar-refractivity contribution in [3.63, 3.8) is 0 Å². The molecule has 0 fully saturated rings. The van der Waals surface area contributed by atoms with Crippen LogP contribution >= 0.6 is 0 Å². The van der Waals surface area contributed by atoms with Crippen LogP contribution in [-0.4, -0.2) is 12.5 Å². The van der Waals surface area contributed by atoms with E-state index < -0.39 is 0 Å². The van der Waals surface area contributed by atoms with Gasteiger partial charge in [-0.1, -0.05) is 32.2 Å². The van der Waals surface area contributed by atoms with Crippen LogP contribution < -0.4 is 5.32 Å². The predicted octanol–water partition coefficient (Wildman–Crippen LogP) is 2.20. The molecule has 13 heavy (non-hydrogen) atoms. The highest BCUT2D eigenvalue weighted by atomic mass is 16.1. The first-order valence-corrected chi connectivity index (χ1v) is 4.37. The molecule has 0 atom stereocenters. The molecule has 0 aromatic heterocycles. The van der Waals surface area contributed by atoms with Gasteiger partial charge in [0.2, 0.25) is 5.91 Å². The van der Waals surface area contributed by atoms with E-state index in [4.69, 9.17) is 0 Å². The van der Waals surface area contributed by atoms with E-state index in [2.05, 4.69) is 18.5 Å². The van der Waals surface area contributed by atoms with Crippen LogP contribution in [0.15, 0.2) is 36.5 Å². The van der Waals surface area contributed by atoms with Gasteiger partial charge in [0.1, 0.15) is 0 Å². The SMILES string of the molecule is C=C/C(CC)=C(\C=C)CNC(C)=O. The lowest BCUT2D eigenvalue weighted by Crippen LogP contribution is -2.22. The number of carbonyl (C=O) groups excluding carboxylic acids is 1. The third-order valence-corrected chi connectivity index (χ3v) is 1.81. The van der Waals surface area contributed by atoms with E-state index in [1.54, 1.807) is 12.2 Å². The molecule has 0 aliphatic carbocycles. The molecule has 1 N–H and O–H groups in total. The minimum atomic E-state index is -0.0288. The Bertz CT molecular complexity index is 238. The molecule has 0 aliphatic rings. The first-order valence-electron chi connectivity index (χ1n) is 4.37. The fourth-order valence-electron chi connectivity index (χ4n) is 1.04. The van der Waals surface area contributed by atoms with E-state index in [0.29, 0.717) is 6.54 Å². The van der Waals surface area contributed by atoms with Crippen molar-refractivity contribution in [2.75, 3.05) is 6.54 Å². The fraction of sp³-hybridized carbons (Fsp3) is 0.364. The van der Waals surface area contributed by atoms with Crippen molar-refractivity contribution in [3.8, 4) is 0 Å². The summed E-state index contributed by atoms with van der Waals surface area (Å²) in [6, 6.07) is 0. The van der Waals surface area contributed by atoms with Gasteiger partial charge < -0.3 is 5.32 Å². The number of hydrogen-bond acceptors (Lipinski definition) is 1. The molecule has 0 radical (unpaired) electrons. The second-order valence-electron chi connectivity index (χ2n) is 2.72. The summed E-state index contributed by atoms with van der Waals surface area (Å²) < 4.78 is 0. The van der Waals surface area contributed by atoms with Gasteiger partial charge in [0.15, 0.2) is 0 Å². The minimum Gasteiger partial charge on any atom is -0.352 e. The Morgan fingerprint density at radius 2 is 1.85 bits per heavy atom. The number of hydrogen-bond donors (Lipinski definition) is 1. The molecule has 0 bridgehead atoms. The maximum atomic E-state index is 10.7. The van der Waals surface area contributed by atoms with Crippen molar-refractivity contribution in [1.29, 1.82) is 0 Å². The average molecular weight is 179 g/mol. The molecular weight excluding hydrogens is 162 g/mol. The largest absolute Gasteiger partial charge is 0.352 e. The molecule has 0 heterocycles. The lowest BCUT2D eigenvalue weighted by Gasteiger charge is -2.07. The summed E-state index contributed by atoms with van der Waals surface area (Å²) in [6.45, 7) is 11.5. The smallest absolute Gasteiger partial charge is 0.217 e. The Hall–Kier alpha value is -1.31. The van der Waals surface area contributed by atoms with Gasteiger partial charge in [-0.25, -0.2) is 0 Å². The van der Waals surface area contributed by atoms with E-state index in [1.807, 2.05) is 6.92 Å². The summed E-state index contributed by atoms with van der Waals surface area (Å²) in [7, 11) is 0. The lowest BCUT2D eigenvalue weighted by atomic mass is 10.1. The average Bonchev–Trinajstić information content (AvgIpc) is 2.11. The van der Waals surface area contributed by atoms with Gasteiger partial charge in [-0.15, -0.1) is 0 Å². The third-order valence-electron chi connectivity index (χ3n) is 1.81. The number of allylic oxidation sites excluding steroid dienone is 2. The number of carbonyl (C=O) groups is 1. The Balaban J connectivity index is 4.46. The molecule has 2 nitrogen and oxygen atoms in total. The molecule has 0 aromatic rings. The highest BCUT2D eigenvalue weighted by molar-refractivity contribution is 5.73. The number of amides is 1. The van der Waals surface area contributed by atoms with E-state index in [9.17, 15) is 4.79 Å². The summed E-state index contributed by atoms with van der Waals surface area (Å²) in [4.78, 5) is 10.7. The van der Waals surface area contributed by atoms with Crippen LogP contribution in [0.3, 0.4) is 0 Å². The van der Waals surface area contributed by atoms with Crippen LogP contribution in [0.25, 0.3) is 0 Å². The molecule has 72 valence electrons. The molecule has 0 saturated heterocycles. The molecule has 2 heteroatoms. The van der Waals surface area contributed by atoms with Gasteiger partial charge in [-0.05, 0) is 17.6 Å². The van der Waals surface area contributed by atoms with Gasteiger partial charge in [0.25, 0.3) is 0 Å². The van der Waals surface area contributed by atoms with E-state index in [0.717, 1.165) is 17.6 Å². The van der Waals surface area contributed by atoms with Crippen LogP contribution in [0.2, 0.25) is 0 Å². The standard InChI is InChI=1S/C11H17NO/c1-5-10(6-2)11(7-3)8-12-9(4)13/h5,7H,1,3,6,8H2,2,4H3,(H,12,13)/b11-10-. The zero-order valence-corrected chi connectivity index (χ0v) is 8.39. The summed E-state index contributed by atoms with van der Waals surface area (Å²) in [5, 5.41) is 2.73. The molecule has 0 aliphatic heterocycles. The molecule has 1 amide bonds. The molecule has 0 aromatic carbocycles. The summed E-state index contributed by atoms with van der Waals surface area (Å²) >= 11 is 0. The Morgan fingerprint density at radius 3 is 2.15 bits per heavy atom. The number of nitrogens with one attached hydrogen (secondary N) is 1. The topological polar surface area (TPSA) is 29.1 Å². The van der Waals surface area contributed by atoms with E-state index in [-0.39, 0.29) is 5.91 Å². The first-order chi connectivity index (χ1) is 6.15. The summed E-state index contributed by atoms with van der Waals surface area (Å²) in [5.41, 5.74) is 2.16. The van der Waals surface area contributed by atoms with Crippen molar-refractivity contribution in [2.24, 2.45) is 0 Å². The first kappa shape index (κ1) is 11.7. The normalized spacial score (nSPS) is 11.5. The van der Waals surface area contributed by atoms with Crippen LogP contribution in [0, 0.1) is 0 Å². The summed E-state index contributed by atoms with van der Waals surface area (Å²) in [6.07, 6.45) is 4.47. The van der Waals surface area contributed by atoms with Gasteiger partial charge >= 0.3 is 0 Å². The number of rotatable bonds is 5. The van der Waals surface area contributed by atoms with Crippen LogP contribution in [0.4, 0.5) is 0 Å². The highest BCUT2D eigenvalue weighted by Crippen LogP contribution is 2.09. The van der Waals surface area contributed by atoms with Crippen molar-refractivity contribution in [3.05, 3.63) is 36.5 Å². The highest BCUT2D eigenvalue weighted by Gasteiger charge is 1.99. The fourth-order valence-corrected chi connectivity index (χ4v) is 1.04. The van der Waals surface area contributed by atoms with Crippen LogP contribution in [0.5, 0.6) is 0 Å². The van der Waals surface area contributed by atoms with E-state index in [1.165, 1.54) is 6.92 Å². The third kappa shape index (κ3) is 4.31. The molecule has 0 saturated carbocycles. The maximum Gasteiger partial charge on any atom is 0.217 e. The summed E-state index contributed by atoms with van der Waals surface area (Å²) in [5.74, 6) is -0.0288. The zero-order valence-electron chi connectivity index (χ0n) is 8.39. The van der Waals surface area contributed by atoms with Crippen molar-refractivity contribution in [1.82, 2.24) is 5.32 Å². The van der Waals surface area contributed by atoms with E-state index >= 15 is 0 Å². The Kier molecular flexibility index (Phi) is 5.60. The van der Waals surface area contributed by atoms with Crippen LogP contribution in [-0.2, 0) is 4.79 Å². The lowest BCUT2D eigenvalue weighted by molar-refractivity contribution is -0.118. The van der Waals surface area contributed by atoms with Gasteiger partial charge in [0.05, 0.1) is 0 Å².